The molecule has 1 atom stereocenters. The third kappa shape index (κ3) is 8.40. The summed E-state index contributed by atoms with van der Waals surface area (Å²) in [6.07, 6.45) is -6.71. The number of benzene rings is 2. The fourth-order valence-electron chi connectivity index (χ4n) is 4.09. The van der Waals surface area contributed by atoms with Gasteiger partial charge in [-0.1, -0.05) is 43.7 Å². The van der Waals surface area contributed by atoms with Crippen molar-refractivity contribution < 1.29 is 50.5 Å². The number of hydrogen-bond donors (Lipinski definition) is 1. The smallest absolute Gasteiger partial charge is 0.435 e. The zero-order chi connectivity index (χ0) is 32.9. The number of aromatic nitrogens is 2. The number of nitrogens with one attached hydrogen (secondary N) is 1. The zero-order valence-electron chi connectivity index (χ0n) is 24.2. The maximum absolute atomic E-state index is 13.5. The van der Waals surface area contributed by atoms with Crippen molar-refractivity contribution in [1.82, 2.24) is 19.5 Å². The van der Waals surface area contributed by atoms with E-state index in [0.29, 0.717) is 5.56 Å². The van der Waals surface area contributed by atoms with Crippen LogP contribution in [0.1, 0.15) is 31.5 Å². The Kier molecular flexibility index (Phi) is 9.84. The number of carbonyl (C=O) groups excluding carboxylic acids is 2. The molecule has 1 aromatic heterocycles. The van der Waals surface area contributed by atoms with Gasteiger partial charge in [0.1, 0.15) is 12.6 Å². The molecule has 0 spiro atoms. The Morgan fingerprint density at radius 3 is 2.44 bits per heavy atom. The van der Waals surface area contributed by atoms with Crippen LogP contribution in [0.2, 0.25) is 0 Å². The summed E-state index contributed by atoms with van der Waals surface area (Å²) < 4.78 is 78.7. The second-order valence-corrected chi connectivity index (χ2v) is 11.9. The minimum atomic E-state index is -4.72. The molecule has 18 heteroatoms. The number of hydrazine groups is 1. The molecule has 3 aromatic rings. The molecule has 1 aliphatic rings. The van der Waals surface area contributed by atoms with E-state index in [0.717, 1.165) is 33.5 Å². The predicted molar refractivity (Wildman–Crippen MR) is 148 cm³/mol. The Hall–Kier alpha value is -4.87. The maximum Gasteiger partial charge on any atom is 0.435 e. The first-order chi connectivity index (χ1) is 21.1. The van der Waals surface area contributed by atoms with E-state index < -0.39 is 52.8 Å². The fourth-order valence-corrected chi connectivity index (χ4v) is 4.97. The van der Waals surface area contributed by atoms with Crippen LogP contribution < -0.4 is 4.72 Å². The van der Waals surface area contributed by atoms with Crippen LogP contribution in [-0.4, -0.2) is 66.2 Å². The van der Waals surface area contributed by atoms with Crippen LogP contribution in [0, 0.1) is 18.0 Å². The molecular weight excluding hydrogens is 625 g/mol. The number of esters is 1. The molecule has 14 nitrogen and oxygen atoms in total. The van der Waals surface area contributed by atoms with Gasteiger partial charge in [-0.05, 0) is 37.3 Å². The Bertz CT molecular complexity index is 1660. The minimum absolute atomic E-state index is 0.0876. The first kappa shape index (κ1) is 33.0. The van der Waals surface area contributed by atoms with Gasteiger partial charge in [-0.15, -0.1) is 5.01 Å². The minimum Gasteiger partial charge on any atom is -0.569 e. The molecule has 1 N–H and O–H groups in total. The second-order valence-electron chi connectivity index (χ2n) is 10.2. The highest BCUT2D eigenvalue weighted by Crippen LogP contribution is 2.33. The molecule has 2 aromatic carbocycles. The molecule has 1 aliphatic heterocycles. The molecule has 1 unspecified atom stereocenters. The predicted octanol–water partition coefficient (Wildman–Crippen LogP) is 4.32. The molecule has 4 rings (SSSR count). The molecule has 0 bridgehead atoms. The molecular formula is C27H29F3N6O8S. The third-order valence-electron chi connectivity index (χ3n) is 6.45. The molecule has 0 saturated carbocycles. The fraction of sp³-hybridized carbons (Fsp3) is 0.370. The number of hydrogen-bond acceptors (Lipinski definition) is 10. The second kappa shape index (κ2) is 13.4. The van der Waals surface area contributed by atoms with Gasteiger partial charge in [-0.2, -0.15) is 18.3 Å². The van der Waals surface area contributed by atoms with Crippen molar-refractivity contribution in [3.05, 3.63) is 71.1 Å². The Labute approximate surface area is 255 Å². The molecule has 1 saturated heterocycles. The van der Waals surface area contributed by atoms with Crippen molar-refractivity contribution in [2.24, 2.45) is 11.2 Å². The molecule has 45 heavy (non-hydrogen) atoms. The van der Waals surface area contributed by atoms with Crippen LogP contribution in [-0.2, 0) is 35.3 Å². The first-order valence-electron chi connectivity index (χ1n) is 13.4. The summed E-state index contributed by atoms with van der Waals surface area (Å²) in [5.74, 6) is -0.934. The number of amides is 1. The highest BCUT2D eigenvalue weighted by Gasteiger charge is 2.36. The van der Waals surface area contributed by atoms with Gasteiger partial charge in [0.25, 0.3) is 16.8 Å². The van der Waals surface area contributed by atoms with Crippen LogP contribution in [0.25, 0.3) is 16.9 Å². The maximum atomic E-state index is 13.5. The van der Waals surface area contributed by atoms with E-state index in [9.17, 15) is 36.4 Å². The number of aryl methyl sites for hydroxylation is 1. The van der Waals surface area contributed by atoms with Crippen LogP contribution in [0.5, 0.6) is 0 Å². The van der Waals surface area contributed by atoms with Gasteiger partial charge in [-0.25, -0.2) is 22.6 Å². The Balaban J connectivity index is 1.38. The largest absolute Gasteiger partial charge is 0.569 e. The van der Waals surface area contributed by atoms with Gasteiger partial charge < -0.3 is 19.5 Å². The van der Waals surface area contributed by atoms with Crippen molar-refractivity contribution >= 4 is 22.1 Å². The highest BCUT2D eigenvalue weighted by atomic mass is 32.2. The van der Waals surface area contributed by atoms with Gasteiger partial charge in [0, 0.05) is 12.0 Å². The number of halogens is 3. The SMILES string of the molecule is Cc1ccc(-c2cc(C(F)(F)F)nn2-c2ccc(S(=O)(=O)NC(=O)OC3CCN(/[N+]([O-])=N\OCOC(=O)C(C)C)C3)cc2)cc1. The van der Waals surface area contributed by atoms with Crippen LogP contribution in [0.15, 0.2) is 64.8 Å². The molecule has 0 radical (unpaired) electrons. The summed E-state index contributed by atoms with van der Waals surface area (Å²) in [6.45, 7) is 4.46. The van der Waals surface area contributed by atoms with E-state index in [1.165, 1.54) is 12.1 Å². The Morgan fingerprint density at radius 2 is 1.82 bits per heavy atom. The van der Waals surface area contributed by atoms with Crippen LogP contribution in [0.4, 0.5) is 18.0 Å². The van der Waals surface area contributed by atoms with Crippen molar-refractivity contribution in [3.63, 3.8) is 0 Å². The van der Waals surface area contributed by atoms with E-state index in [2.05, 4.69) is 15.2 Å². The molecule has 1 amide bonds. The molecule has 1 fully saturated rings. The van der Waals surface area contributed by atoms with Crippen molar-refractivity contribution in [3.8, 4) is 16.9 Å². The van der Waals surface area contributed by atoms with E-state index in [4.69, 9.17) is 9.47 Å². The topological polar surface area (TPSA) is 167 Å². The van der Waals surface area contributed by atoms with E-state index >= 15 is 0 Å². The average Bonchev–Trinajstić information content (AvgIpc) is 3.63. The highest BCUT2D eigenvalue weighted by molar-refractivity contribution is 7.90. The zero-order valence-corrected chi connectivity index (χ0v) is 25.0. The van der Waals surface area contributed by atoms with Gasteiger partial charge in [0.15, 0.2) is 5.69 Å². The number of nitrogens with zero attached hydrogens (tertiary/aromatic N) is 5. The van der Waals surface area contributed by atoms with Gasteiger partial charge in [0.2, 0.25) is 5.28 Å². The standard InChI is InChI=1S/C27H29F3N6O8S/c1-17(2)25(37)42-16-43-33-36(39)34-13-12-21(15-34)44-26(38)32-45(40,41)22-10-8-20(9-11-22)35-23(14-24(31-35)27(28,29)30)19-6-4-18(3)5-7-19/h4-11,14,17,21H,12-13,15-16H2,1-3H3,(H,32,38)/b36-33+. The summed E-state index contributed by atoms with van der Waals surface area (Å²) in [7, 11) is -4.44. The quantitative estimate of drug-likeness (QED) is 0.0830. The molecule has 242 valence electrons. The molecule has 2 heterocycles. The lowest BCUT2D eigenvalue weighted by Gasteiger charge is -2.14. The van der Waals surface area contributed by atoms with Gasteiger partial charge >= 0.3 is 18.2 Å². The van der Waals surface area contributed by atoms with Gasteiger partial charge in [-0.3, -0.25) is 4.79 Å². The summed E-state index contributed by atoms with van der Waals surface area (Å²) in [5.41, 5.74) is 0.517. The number of ether oxygens (including phenoxy) is 2. The van der Waals surface area contributed by atoms with Crippen molar-refractivity contribution in [2.45, 2.75) is 44.4 Å². The molecule has 0 aliphatic carbocycles. The monoisotopic (exact) mass is 654 g/mol. The number of carbonyl (C=O) groups is 2. The lowest BCUT2D eigenvalue weighted by Crippen LogP contribution is -2.36. The number of sulfonamides is 1. The summed E-state index contributed by atoms with van der Waals surface area (Å²) in [6, 6.07) is 12.4. The van der Waals surface area contributed by atoms with E-state index in [1.54, 1.807) is 42.8 Å². The Morgan fingerprint density at radius 1 is 1.16 bits per heavy atom. The third-order valence-corrected chi connectivity index (χ3v) is 7.78. The van der Waals surface area contributed by atoms with E-state index in [-0.39, 0.29) is 40.8 Å². The van der Waals surface area contributed by atoms with Crippen LogP contribution in [0.3, 0.4) is 0 Å². The summed E-state index contributed by atoms with van der Waals surface area (Å²) in [5, 5.41) is 20.1. The van der Waals surface area contributed by atoms with Crippen molar-refractivity contribution in [1.29, 1.82) is 0 Å². The number of alkyl halides is 3. The van der Waals surface area contributed by atoms with E-state index in [1.807, 2.05) is 6.92 Å². The average molecular weight is 655 g/mol. The lowest BCUT2D eigenvalue weighted by atomic mass is 10.1. The first-order valence-corrected chi connectivity index (χ1v) is 14.9. The van der Waals surface area contributed by atoms with Crippen LogP contribution >= 0.6 is 0 Å². The lowest BCUT2D eigenvalue weighted by molar-refractivity contribution is -0.708. The summed E-state index contributed by atoms with van der Waals surface area (Å²) >= 11 is 0. The number of rotatable bonds is 10. The normalized spacial score (nSPS) is 15.7. The van der Waals surface area contributed by atoms with Gasteiger partial charge in [0.05, 0.1) is 33.7 Å². The van der Waals surface area contributed by atoms with Crippen molar-refractivity contribution in [2.75, 3.05) is 19.9 Å². The summed E-state index contributed by atoms with van der Waals surface area (Å²) in [4.78, 5) is 28.1.